The lowest BCUT2D eigenvalue weighted by molar-refractivity contribution is 0.0872. The van der Waals surface area contributed by atoms with Crippen LogP contribution in [-0.2, 0) is 11.3 Å². The number of rotatable bonds is 3. The second-order valence-corrected chi connectivity index (χ2v) is 7.79. The number of nitrogens with one attached hydrogen (secondary N) is 1. The van der Waals surface area contributed by atoms with Gasteiger partial charge in [0.2, 0.25) is 11.9 Å². The molecule has 0 saturated carbocycles. The van der Waals surface area contributed by atoms with Crippen LogP contribution >= 0.6 is 11.3 Å². The highest BCUT2D eigenvalue weighted by Crippen LogP contribution is 2.22. The van der Waals surface area contributed by atoms with Crippen molar-refractivity contribution in [2.24, 2.45) is 15.7 Å². The Morgan fingerprint density at radius 2 is 2.20 bits per heavy atom. The van der Waals surface area contributed by atoms with Gasteiger partial charge in [0.15, 0.2) is 0 Å². The number of carbonyl (C=O) groups is 1. The van der Waals surface area contributed by atoms with Gasteiger partial charge >= 0.3 is 0 Å². The number of guanidine groups is 1. The van der Waals surface area contributed by atoms with E-state index in [0.717, 1.165) is 12.2 Å². The van der Waals surface area contributed by atoms with Crippen LogP contribution in [0.4, 0.5) is 0 Å². The van der Waals surface area contributed by atoms with E-state index in [-0.39, 0.29) is 0 Å². The van der Waals surface area contributed by atoms with Crippen LogP contribution in [0.1, 0.15) is 21.7 Å². The first-order valence-corrected chi connectivity index (χ1v) is 10.3. The summed E-state index contributed by atoms with van der Waals surface area (Å²) in [6.45, 7) is 1.62. The molecule has 2 aliphatic rings. The molecule has 0 bridgehead atoms. The molecule has 4 heterocycles. The number of amides is 1. The lowest BCUT2D eigenvalue weighted by Crippen LogP contribution is -2.44. The number of aromatic nitrogens is 2. The lowest BCUT2D eigenvalue weighted by atomic mass is 10.1. The van der Waals surface area contributed by atoms with Crippen molar-refractivity contribution in [3.63, 3.8) is 0 Å². The molecule has 0 radical (unpaired) electrons. The molecular formula is C20H19N7O2S. The molecule has 0 aliphatic carbocycles. The summed E-state index contributed by atoms with van der Waals surface area (Å²) in [7, 11) is 0. The summed E-state index contributed by atoms with van der Waals surface area (Å²) in [5.74, 6) is 1.30. The van der Waals surface area contributed by atoms with Crippen LogP contribution in [0.25, 0.3) is 10.9 Å². The van der Waals surface area contributed by atoms with Crippen molar-refractivity contribution < 1.29 is 9.53 Å². The summed E-state index contributed by atoms with van der Waals surface area (Å²) >= 11 is 1.68. The number of fused-ring (bicyclic) bond motifs is 2. The molecule has 1 amide bonds. The Morgan fingerprint density at radius 1 is 1.27 bits per heavy atom. The average molecular weight is 421 g/mol. The molecule has 152 valence electrons. The van der Waals surface area contributed by atoms with E-state index in [1.54, 1.807) is 34.3 Å². The zero-order valence-electron chi connectivity index (χ0n) is 16.0. The molecule has 0 atom stereocenters. The van der Waals surface area contributed by atoms with Crippen molar-refractivity contribution in [2.45, 2.75) is 13.0 Å². The van der Waals surface area contributed by atoms with Crippen molar-refractivity contribution in [1.82, 2.24) is 20.0 Å². The maximum Gasteiger partial charge on any atom is 0.256 e. The minimum atomic E-state index is -0.498. The zero-order chi connectivity index (χ0) is 20.5. The molecule has 30 heavy (non-hydrogen) atoms. The molecule has 0 spiro atoms. The molecule has 3 N–H and O–H groups in total. The van der Waals surface area contributed by atoms with Gasteiger partial charge in [-0.1, -0.05) is 12.1 Å². The Morgan fingerprint density at radius 3 is 3.03 bits per heavy atom. The number of nitrogens with two attached hydrogens (primary N) is 1. The summed E-state index contributed by atoms with van der Waals surface area (Å²) in [6.07, 6.45) is 4.39. The van der Waals surface area contributed by atoms with Crippen LogP contribution in [0.5, 0.6) is 0 Å². The smallest absolute Gasteiger partial charge is 0.256 e. The molecule has 3 aromatic rings. The number of aliphatic imine (C=N–C) groups is 2. The Balaban J connectivity index is 1.56. The van der Waals surface area contributed by atoms with Gasteiger partial charge in [-0.25, -0.2) is 0 Å². The fourth-order valence-electron chi connectivity index (χ4n) is 3.40. The lowest BCUT2D eigenvalue weighted by Gasteiger charge is -2.28. The number of hydrogen-bond acceptors (Lipinski definition) is 8. The maximum atomic E-state index is 11.8. The van der Waals surface area contributed by atoms with Crippen LogP contribution < -0.4 is 11.1 Å². The van der Waals surface area contributed by atoms with Gasteiger partial charge in [-0.3, -0.25) is 9.69 Å². The molecule has 10 heteroatoms. The third-order valence-electron chi connectivity index (χ3n) is 4.83. The number of nitrogens with zero attached hydrogens (tertiary/aromatic N) is 5. The molecule has 1 aromatic carbocycles. The summed E-state index contributed by atoms with van der Waals surface area (Å²) in [4.78, 5) is 24.3. The van der Waals surface area contributed by atoms with E-state index in [2.05, 4.69) is 16.5 Å². The monoisotopic (exact) mass is 421 g/mol. The maximum absolute atomic E-state index is 11.8. The SMILES string of the molecule is NC(=O)c1cccc2c1cnn2C1=NC2=CCCOCN2C(NCc2cccs2)=N1. The van der Waals surface area contributed by atoms with Gasteiger partial charge in [-0.2, -0.15) is 19.8 Å². The highest BCUT2D eigenvalue weighted by molar-refractivity contribution is 7.09. The fraction of sp³-hybridized carbons (Fsp3) is 0.200. The van der Waals surface area contributed by atoms with Crippen molar-refractivity contribution in [3.8, 4) is 0 Å². The van der Waals surface area contributed by atoms with Gasteiger partial charge in [0.05, 0.1) is 30.4 Å². The molecular weight excluding hydrogens is 402 g/mol. The predicted molar refractivity (Wildman–Crippen MR) is 115 cm³/mol. The van der Waals surface area contributed by atoms with E-state index in [0.29, 0.717) is 48.3 Å². The molecule has 5 rings (SSSR count). The number of hydrogen-bond donors (Lipinski definition) is 2. The molecule has 0 saturated heterocycles. The van der Waals surface area contributed by atoms with Crippen LogP contribution in [0.2, 0.25) is 0 Å². The Hall–Kier alpha value is -3.50. The van der Waals surface area contributed by atoms with Gasteiger partial charge in [-0.15, -0.1) is 11.3 Å². The molecule has 0 unspecified atom stereocenters. The third-order valence-corrected chi connectivity index (χ3v) is 5.71. The number of primary amides is 1. The second kappa shape index (κ2) is 7.73. The van der Waals surface area contributed by atoms with E-state index >= 15 is 0 Å². The standard InChI is InChI=1S/C20H19N7O2S/c21-18(28)14-5-1-6-16-15(14)11-23-27(16)20-24-17-7-2-8-29-12-26(17)19(25-20)22-10-13-4-3-9-30-13/h1,3-7,9,11H,2,8,10,12H2,(H2,21,28)(H,22,24,25). The second-order valence-electron chi connectivity index (χ2n) is 6.76. The van der Waals surface area contributed by atoms with Crippen LogP contribution in [-0.4, -0.2) is 45.8 Å². The van der Waals surface area contributed by atoms with Gasteiger partial charge in [0.25, 0.3) is 5.96 Å². The van der Waals surface area contributed by atoms with Gasteiger partial charge in [-0.05, 0) is 36.1 Å². The molecule has 9 nitrogen and oxygen atoms in total. The Labute approximate surface area is 176 Å². The topological polar surface area (TPSA) is 110 Å². The van der Waals surface area contributed by atoms with E-state index in [4.69, 9.17) is 20.5 Å². The fourth-order valence-corrected chi connectivity index (χ4v) is 4.04. The number of ether oxygens (including phenoxy) is 1. The van der Waals surface area contributed by atoms with E-state index in [1.165, 1.54) is 4.88 Å². The summed E-state index contributed by atoms with van der Waals surface area (Å²) < 4.78 is 7.31. The Kier molecular flexibility index (Phi) is 4.77. The number of benzene rings is 1. The summed E-state index contributed by atoms with van der Waals surface area (Å²) in [6, 6.07) is 9.41. The first-order chi connectivity index (χ1) is 14.7. The molecule has 2 aromatic heterocycles. The first-order valence-electron chi connectivity index (χ1n) is 9.47. The van der Waals surface area contributed by atoms with E-state index in [1.807, 2.05) is 28.5 Å². The zero-order valence-corrected chi connectivity index (χ0v) is 16.8. The summed E-state index contributed by atoms with van der Waals surface area (Å²) in [5.41, 5.74) is 6.64. The first kappa shape index (κ1) is 18.5. The third kappa shape index (κ3) is 3.36. The highest BCUT2D eigenvalue weighted by Gasteiger charge is 2.25. The molecule has 0 fully saturated rings. The van der Waals surface area contributed by atoms with E-state index in [9.17, 15) is 4.79 Å². The van der Waals surface area contributed by atoms with Crippen molar-refractivity contribution in [1.29, 1.82) is 0 Å². The number of carbonyl (C=O) groups excluding carboxylic acids is 1. The normalized spacial score (nSPS) is 16.4. The highest BCUT2D eigenvalue weighted by atomic mass is 32.1. The number of thiophene rings is 1. The van der Waals surface area contributed by atoms with Crippen molar-refractivity contribution >= 4 is 40.1 Å². The van der Waals surface area contributed by atoms with Gasteiger partial charge in [0.1, 0.15) is 12.6 Å². The minimum Gasteiger partial charge on any atom is -0.366 e. The van der Waals surface area contributed by atoms with Crippen molar-refractivity contribution in [2.75, 3.05) is 13.3 Å². The predicted octanol–water partition coefficient (Wildman–Crippen LogP) is 2.08. The van der Waals surface area contributed by atoms with Gasteiger partial charge < -0.3 is 15.8 Å². The van der Waals surface area contributed by atoms with Gasteiger partial charge in [0, 0.05) is 10.3 Å². The van der Waals surface area contributed by atoms with Crippen LogP contribution in [0.15, 0.2) is 63.8 Å². The van der Waals surface area contributed by atoms with E-state index < -0.39 is 5.91 Å². The Bertz CT molecular complexity index is 1190. The average Bonchev–Trinajstić information content (AvgIpc) is 3.36. The van der Waals surface area contributed by atoms with Crippen LogP contribution in [0.3, 0.4) is 0 Å². The van der Waals surface area contributed by atoms with Crippen molar-refractivity contribution in [3.05, 3.63) is 64.2 Å². The van der Waals surface area contributed by atoms with Crippen LogP contribution in [0, 0.1) is 0 Å². The minimum absolute atomic E-state index is 0.366. The summed E-state index contributed by atoms with van der Waals surface area (Å²) in [5, 5.41) is 10.5. The largest absolute Gasteiger partial charge is 0.366 e. The molecule has 2 aliphatic heterocycles. The quantitative estimate of drug-likeness (QED) is 0.673.